The lowest BCUT2D eigenvalue weighted by Crippen LogP contribution is -2.21. The van der Waals surface area contributed by atoms with Gasteiger partial charge in [0.05, 0.1) is 6.20 Å². The summed E-state index contributed by atoms with van der Waals surface area (Å²) in [7, 11) is 0. The molecule has 0 radical (unpaired) electrons. The minimum Gasteiger partial charge on any atom is -0.476 e. The Hall–Kier alpha value is -4.20. The average Bonchev–Trinajstić information content (AvgIpc) is 3.20. The van der Waals surface area contributed by atoms with Crippen molar-refractivity contribution in [2.45, 2.75) is 38.2 Å². The first kappa shape index (κ1) is 24.9. The standard InChI is InChI=1S/C13H11NO3.C9H11F2N7S/c15-13(16)10-11(8-4-2-1-3-5-8)17-12(14-10)9-6-7-9;1-9(10,11)5-4-19-7(15-5)3-18-14-2-6(17-18)16-8(12)13/h1-5,9H,6-7H2,(H,15,16);2,4H,3H2,1H3,(H4,12,13,16,17). The van der Waals surface area contributed by atoms with E-state index in [0.717, 1.165) is 36.7 Å². The molecule has 1 fully saturated rings. The van der Waals surface area contributed by atoms with Gasteiger partial charge in [0, 0.05) is 23.8 Å². The molecule has 0 amide bonds. The number of halogens is 2. The lowest BCUT2D eigenvalue weighted by Gasteiger charge is -2.04. The average molecular weight is 517 g/mol. The van der Waals surface area contributed by atoms with E-state index in [1.54, 1.807) is 0 Å². The fraction of sp³-hybridized carbons (Fsp3) is 0.273. The van der Waals surface area contributed by atoms with Gasteiger partial charge in [-0.1, -0.05) is 30.3 Å². The zero-order chi connectivity index (χ0) is 25.9. The van der Waals surface area contributed by atoms with Crippen molar-refractivity contribution in [2.75, 3.05) is 0 Å². The number of carboxylic acids is 1. The lowest BCUT2D eigenvalue weighted by molar-refractivity contribution is 0.0132. The number of aromatic nitrogens is 5. The monoisotopic (exact) mass is 516 g/mol. The number of nitrogens with zero attached hydrogens (tertiary/aromatic N) is 6. The van der Waals surface area contributed by atoms with E-state index in [4.69, 9.17) is 21.0 Å². The quantitative estimate of drug-likeness (QED) is 0.244. The zero-order valence-electron chi connectivity index (χ0n) is 19.0. The summed E-state index contributed by atoms with van der Waals surface area (Å²) in [5.74, 6) is -2.64. The van der Waals surface area contributed by atoms with E-state index in [0.29, 0.717) is 22.6 Å². The van der Waals surface area contributed by atoms with Gasteiger partial charge in [-0.2, -0.15) is 23.7 Å². The Morgan fingerprint density at radius 1 is 1.28 bits per heavy atom. The summed E-state index contributed by atoms with van der Waals surface area (Å²) in [5.41, 5.74) is 10.9. The Bertz CT molecular complexity index is 1370. The number of aromatic carboxylic acids is 1. The summed E-state index contributed by atoms with van der Waals surface area (Å²) >= 11 is 1.12. The third-order valence-corrected chi connectivity index (χ3v) is 5.69. The van der Waals surface area contributed by atoms with Gasteiger partial charge in [-0.05, 0) is 12.8 Å². The van der Waals surface area contributed by atoms with Crippen molar-refractivity contribution in [1.29, 1.82) is 0 Å². The van der Waals surface area contributed by atoms with Crippen LogP contribution in [0, 0.1) is 0 Å². The molecule has 3 aromatic heterocycles. The number of oxazole rings is 1. The van der Waals surface area contributed by atoms with E-state index in [1.807, 2.05) is 30.3 Å². The van der Waals surface area contributed by atoms with Crippen LogP contribution < -0.4 is 11.5 Å². The normalized spacial score (nSPS) is 13.1. The highest BCUT2D eigenvalue weighted by Gasteiger charge is 2.32. The van der Waals surface area contributed by atoms with Crippen molar-refractivity contribution in [3.8, 4) is 11.3 Å². The van der Waals surface area contributed by atoms with Crippen LogP contribution in [0.25, 0.3) is 11.3 Å². The molecule has 1 aliphatic carbocycles. The Morgan fingerprint density at radius 3 is 2.58 bits per heavy atom. The number of guanidine groups is 1. The van der Waals surface area contributed by atoms with Gasteiger partial charge in [-0.15, -0.1) is 16.4 Å². The van der Waals surface area contributed by atoms with Gasteiger partial charge in [0.25, 0.3) is 5.92 Å². The molecule has 11 nitrogen and oxygen atoms in total. The number of carbonyl (C=O) groups is 1. The summed E-state index contributed by atoms with van der Waals surface area (Å²) in [6.07, 6.45) is 3.43. The van der Waals surface area contributed by atoms with Crippen LogP contribution in [-0.4, -0.2) is 42.0 Å². The molecule has 0 aliphatic heterocycles. The number of benzene rings is 1. The number of thiazole rings is 1. The van der Waals surface area contributed by atoms with Crippen LogP contribution in [0.1, 0.15) is 52.8 Å². The maximum Gasteiger partial charge on any atom is 0.358 e. The summed E-state index contributed by atoms with van der Waals surface area (Å²) < 4.78 is 31.6. The van der Waals surface area contributed by atoms with Crippen molar-refractivity contribution in [3.63, 3.8) is 0 Å². The molecule has 1 saturated carbocycles. The fourth-order valence-corrected chi connectivity index (χ4v) is 3.87. The van der Waals surface area contributed by atoms with Crippen molar-refractivity contribution in [2.24, 2.45) is 16.5 Å². The Morgan fingerprint density at radius 2 is 2.00 bits per heavy atom. The molecule has 36 heavy (non-hydrogen) atoms. The van der Waals surface area contributed by atoms with Crippen molar-refractivity contribution in [1.82, 2.24) is 25.0 Å². The molecule has 5 N–H and O–H groups in total. The first-order valence-electron chi connectivity index (χ1n) is 10.7. The van der Waals surface area contributed by atoms with E-state index in [9.17, 15) is 13.6 Å². The molecular formula is C22H22F2N8O3S. The molecule has 14 heteroatoms. The molecule has 5 rings (SSSR count). The molecule has 188 valence electrons. The predicted molar refractivity (Wildman–Crippen MR) is 127 cm³/mol. The van der Waals surface area contributed by atoms with Gasteiger partial charge < -0.3 is 21.0 Å². The van der Waals surface area contributed by atoms with Crippen molar-refractivity contribution in [3.05, 3.63) is 64.2 Å². The van der Waals surface area contributed by atoms with Crippen molar-refractivity contribution >= 4 is 29.1 Å². The van der Waals surface area contributed by atoms with Gasteiger partial charge in [-0.3, -0.25) is 0 Å². The van der Waals surface area contributed by atoms with Crippen LogP contribution in [0.4, 0.5) is 14.6 Å². The lowest BCUT2D eigenvalue weighted by atomic mass is 10.1. The van der Waals surface area contributed by atoms with Crippen molar-refractivity contribution < 1.29 is 23.1 Å². The maximum atomic E-state index is 13.0. The molecule has 0 unspecified atom stereocenters. The van der Waals surface area contributed by atoms with Crippen LogP contribution in [0.15, 0.2) is 51.3 Å². The Balaban J connectivity index is 0.000000170. The minimum atomic E-state index is -2.95. The highest BCUT2D eigenvalue weighted by molar-refractivity contribution is 7.09. The van der Waals surface area contributed by atoms with Crippen LogP contribution >= 0.6 is 11.3 Å². The molecular weight excluding hydrogens is 494 g/mol. The smallest absolute Gasteiger partial charge is 0.358 e. The first-order chi connectivity index (χ1) is 17.1. The predicted octanol–water partition coefficient (Wildman–Crippen LogP) is 3.72. The molecule has 0 saturated heterocycles. The van der Waals surface area contributed by atoms with Crippen LogP contribution in [-0.2, 0) is 12.5 Å². The van der Waals surface area contributed by atoms with Gasteiger partial charge in [0.1, 0.15) is 17.2 Å². The highest BCUT2D eigenvalue weighted by atomic mass is 32.1. The first-order valence-corrected chi connectivity index (χ1v) is 11.6. The second-order valence-electron chi connectivity index (χ2n) is 7.96. The number of alkyl halides is 2. The summed E-state index contributed by atoms with van der Waals surface area (Å²) in [6, 6.07) is 9.22. The second kappa shape index (κ2) is 10.2. The molecule has 4 aromatic rings. The largest absolute Gasteiger partial charge is 0.476 e. The van der Waals surface area contributed by atoms with Crippen LogP contribution in [0.5, 0.6) is 0 Å². The molecule has 0 atom stereocenters. The number of hydrogen-bond donors (Lipinski definition) is 3. The third-order valence-electron chi connectivity index (χ3n) is 4.86. The number of hydrogen-bond acceptors (Lipinski definition) is 8. The number of rotatable bonds is 7. The number of nitrogens with two attached hydrogens (primary N) is 2. The zero-order valence-corrected chi connectivity index (χ0v) is 19.8. The summed E-state index contributed by atoms with van der Waals surface area (Å²) in [5, 5.41) is 18.8. The topological polar surface area (TPSA) is 171 Å². The van der Waals surface area contributed by atoms with Gasteiger partial charge in [-0.25, -0.2) is 14.8 Å². The second-order valence-corrected chi connectivity index (χ2v) is 8.90. The highest BCUT2D eigenvalue weighted by Crippen LogP contribution is 2.41. The Kier molecular flexibility index (Phi) is 7.05. The molecule has 1 aliphatic rings. The van der Waals surface area contributed by atoms with E-state index < -0.39 is 11.9 Å². The van der Waals surface area contributed by atoms with E-state index in [1.165, 1.54) is 16.4 Å². The van der Waals surface area contributed by atoms with Crippen LogP contribution in [0.2, 0.25) is 0 Å². The number of carboxylic acid groups (broad SMARTS) is 1. The molecule has 3 heterocycles. The summed E-state index contributed by atoms with van der Waals surface area (Å²) in [4.78, 5) is 24.0. The molecule has 1 aromatic carbocycles. The van der Waals surface area contributed by atoms with Crippen LogP contribution in [0.3, 0.4) is 0 Å². The Labute approximate surface area is 207 Å². The molecule has 0 spiro atoms. The SMILES string of the molecule is CC(F)(F)c1csc(Cn2ncc(N=C(N)N)n2)n1.O=C(O)c1nc(C2CC2)oc1-c1ccccc1. The van der Waals surface area contributed by atoms with E-state index >= 15 is 0 Å². The third kappa shape index (κ3) is 6.27. The van der Waals surface area contributed by atoms with Gasteiger partial charge in [0.15, 0.2) is 29.1 Å². The van der Waals surface area contributed by atoms with E-state index in [2.05, 4.69) is 25.2 Å². The van der Waals surface area contributed by atoms with Gasteiger partial charge >= 0.3 is 5.97 Å². The van der Waals surface area contributed by atoms with Gasteiger partial charge in [0.2, 0.25) is 0 Å². The fourth-order valence-electron chi connectivity index (χ4n) is 3.03. The maximum absolute atomic E-state index is 13.0. The summed E-state index contributed by atoms with van der Waals surface area (Å²) in [6.45, 7) is 0.982. The minimum absolute atomic E-state index is 0.0121. The molecule has 0 bridgehead atoms. The van der Waals surface area contributed by atoms with E-state index in [-0.39, 0.29) is 29.7 Å². The number of aliphatic imine (C=N–C) groups is 1.